The summed E-state index contributed by atoms with van der Waals surface area (Å²) in [5, 5.41) is 16.8. The summed E-state index contributed by atoms with van der Waals surface area (Å²) in [4.78, 5) is 26.7. The molecule has 8 heteroatoms. The number of fused-ring (bicyclic) bond motifs is 1. The van der Waals surface area contributed by atoms with Crippen molar-refractivity contribution in [3.05, 3.63) is 76.9 Å². The number of methoxy groups -OCH3 is 1. The van der Waals surface area contributed by atoms with Crippen molar-refractivity contribution >= 4 is 17.5 Å². The van der Waals surface area contributed by atoms with Crippen molar-refractivity contribution in [2.75, 3.05) is 19.2 Å². The van der Waals surface area contributed by atoms with Crippen molar-refractivity contribution in [1.82, 2.24) is 5.32 Å². The van der Waals surface area contributed by atoms with Gasteiger partial charge in [0.2, 0.25) is 12.7 Å². The minimum Gasteiger partial charge on any atom is -0.507 e. The lowest BCUT2D eigenvalue weighted by molar-refractivity contribution is -0.126. The number of hydrogen-bond donors (Lipinski definition) is 3. The zero-order valence-electron chi connectivity index (χ0n) is 24.9. The summed E-state index contributed by atoms with van der Waals surface area (Å²) in [6.45, 7) is 12.5. The van der Waals surface area contributed by atoms with Gasteiger partial charge in [-0.05, 0) is 63.8 Å². The lowest BCUT2D eigenvalue weighted by atomic mass is 9.78. The highest BCUT2D eigenvalue weighted by Gasteiger charge is 2.28. The van der Waals surface area contributed by atoms with E-state index < -0.39 is 11.9 Å². The lowest BCUT2D eigenvalue weighted by Gasteiger charge is -2.28. The van der Waals surface area contributed by atoms with Gasteiger partial charge in [-0.3, -0.25) is 9.59 Å². The molecule has 0 aliphatic carbocycles. The van der Waals surface area contributed by atoms with E-state index >= 15 is 0 Å². The van der Waals surface area contributed by atoms with E-state index in [9.17, 15) is 14.7 Å². The normalized spacial score (nSPS) is 13.4. The molecule has 0 saturated heterocycles. The Balaban J connectivity index is 1.54. The fourth-order valence-electron chi connectivity index (χ4n) is 4.76. The van der Waals surface area contributed by atoms with Crippen LogP contribution < -0.4 is 24.8 Å². The smallest absolute Gasteiger partial charge is 0.251 e. The van der Waals surface area contributed by atoms with Gasteiger partial charge in [0.25, 0.3) is 5.91 Å². The van der Waals surface area contributed by atoms with Crippen molar-refractivity contribution in [2.45, 2.75) is 71.3 Å². The minimum absolute atomic E-state index is 0.132. The Kier molecular flexibility index (Phi) is 8.52. The number of anilines is 1. The molecule has 1 atom stereocenters. The lowest BCUT2D eigenvalue weighted by Crippen LogP contribution is -2.37. The second-order valence-corrected chi connectivity index (χ2v) is 12.4. The molecule has 0 fully saturated rings. The van der Waals surface area contributed by atoms with Gasteiger partial charge in [-0.25, -0.2) is 0 Å². The number of carbonyl (C=O) groups excluding carboxylic acids is 2. The van der Waals surface area contributed by atoms with Crippen LogP contribution in [0.5, 0.6) is 23.0 Å². The average Bonchev–Trinajstić information content (AvgIpc) is 3.38. The molecule has 1 aliphatic rings. The first-order valence-electron chi connectivity index (χ1n) is 13.8. The van der Waals surface area contributed by atoms with Crippen molar-refractivity contribution in [3.8, 4) is 23.0 Å². The van der Waals surface area contributed by atoms with E-state index in [0.29, 0.717) is 40.7 Å². The van der Waals surface area contributed by atoms with Crippen LogP contribution >= 0.6 is 0 Å². The third kappa shape index (κ3) is 7.12. The second kappa shape index (κ2) is 11.7. The molecule has 218 valence electrons. The van der Waals surface area contributed by atoms with Crippen LogP contribution in [0.3, 0.4) is 0 Å². The maximum Gasteiger partial charge on any atom is 0.251 e. The molecule has 0 radical (unpaired) electrons. The molecule has 0 unspecified atom stereocenters. The van der Waals surface area contributed by atoms with Gasteiger partial charge in [-0.1, -0.05) is 65.8 Å². The maximum atomic E-state index is 13.5. The number of nitrogens with one attached hydrogen (secondary N) is 2. The number of aromatic hydroxyl groups is 1. The van der Waals surface area contributed by atoms with Crippen LogP contribution in [0.4, 0.5) is 5.69 Å². The molecule has 3 N–H and O–H groups in total. The Bertz CT molecular complexity index is 1380. The van der Waals surface area contributed by atoms with Gasteiger partial charge in [0, 0.05) is 18.2 Å². The van der Waals surface area contributed by atoms with Gasteiger partial charge >= 0.3 is 0 Å². The van der Waals surface area contributed by atoms with E-state index in [1.54, 1.807) is 49.6 Å². The highest BCUT2D eigenvalue weighted by molar-refractivity contribution is 5.98. The molecular formula is C33H40N2O6. The molecular weight excluding hydrogens is 520 g/mol. The summed E-state index contributed by atoms with van der Waals surface area (Å²) >= 11 is 0. The number of carbonyl (C=O) groups is 2. The fourth-order valence-corrected chi connectivity index (χ4v) is 4.76. The molecule has 0 spiro atoms. The first kappa shape index (κ1) is 29.8. The molecule has 3 aromatic carbocycles. The number of ether oxygens (including phenoxy) is 3. The van der Waals surface area contributed by atoms with Crippen LogP contribution in [0.2, 0.25) is 0 Å². The third-order valence-corrected chi connectivity index (χ3v) is 7.08. The number of phenolic OH excluding ortho intramolecular Hbond substituents is 1. The van der Waals surface area contributed by atoms with Gasteiger partial charge in [0.15, 0.2) is 11.5 Å². The van der Waals surface area contributed by atoms with E-state index in [4.69, 9.17) is 14.2 Å². The van der Waals surface area contributed by atoms with Crippen molar-refractivity contribution in [3.63, 3.8) is 0 Å². The van der Waals surface area contributed by atoms with Gasteiger partial charge in [0.05, 0.1) is 7.11 Å². The summed E-state index contributed by atoms with van der Waals surface area (Å²) < 4.78 is 16.0. The number of benzene rings is 3. The van der Waals surface area contributed by atoms with Gasteiger partial charge in [-0.15, -0.1) is 0 Å². The van der Waals surface area contributed by atoms with Crippen LogP contribution in [0.25, 0.3) is 0 Å². The molecule has 0 bridgehead atoms. The van der Waals surface area contributed by atoms with E-state index in [-0.39, 0.29) is 30.0 Å². The molecule has 3 aromatic rings. The maximum absolute atomic E-state index is 13.5. The van der Waals surface area contributed by atoms with Crippen LogP contribution in [-0.4, -0.2) is 30.8 Å². The predicted octanol–water partition coefficient (Wildman–Crippen LogP) is 6.15. The summed E-state index contributed by atoms with van der Waals surface area (Å²) in [5.74, 6) is 1.45. The third-order valence-electron chi connectivity index (χ3n) is 7.08. The minimum atomic E-state index is -0.936. The average molecular weight is 561 g/mol. The van der Waals surface area contributed by atoms with E-state index in [1.165, 1.54) is 0 Å². The zero-order chi connectivity index (χ0) is 29.9. The topological polar surface area (TPSA) is 106 Å². The summed E-state index contributed by atoms with van der Waals surface area (Å²) in [5.41, 5.74) is 3.26. The summed E-state index contributed by atoms with van der Waals surface area (Å²) in [6.07, 6.45) is 0.624. The largest absolute Gasteiger partial charge is 0.507 e. The Hall–Kier alpha value is -4.20. The quantitative estimate of drug-likeness (QED) is 0.305. The molecule has 41 heavy (non-hydrogen) atoms. The van der Waals surface area contributed by atoms with E-state index in [1.807, 2.05) is 12.1 Å². The van der Waals surface area contributed by atoms with Crippen LogP contribution in [0.15, 0.2) is 54.6 Å². The number of phenols is 1. The first-order valence-corrected chi connectivity index (χ1v) is 13.8. The Morgan fingerprint density at radius 2 is 1.51 bits per heavy atom. The second-order valence-electron chi connectivity index (χ2n) is 12.4. The van der Waals surface area contributed by atoms with E-state index in [0.717, 1.165) is 16.7 Å². The molecule has 1 aliphatic heterocycles. The monoisotopic (exact) mass is 560 g/mol. The predicted molar refractivity (Wildman–Crippen MR) is 159 cm³/mol. The summed E-state index contributed by atoms with van der Waals surface area (Å²) in [6, 6.07) is 15.2. The fraction of sp³-hybridized carbons (Fsp3) is 0.394. The molecule has 8 nitrogen and oxygen atoms in total. The molecule has 0 saturated carbocycles. The van der Waals surface area contributed by atoms with Gasteiger partial charge < -0.3 is 30.0 Å². The van der Waals surface area contributed by atoms with Crippen molar-refractivity contribution < 1.29 is 28.9 Å². The standard InChI is InChI=1S/C33H40N2O6/c1-32(2,3)24-16-20(17-25(30(24)37)33(4,5)6)8-15-28(36)35-29(21-9-12-23(39-7)13-10-21)31(38)34-22-11-14-26-27(18-22)41-19-40-26/h9-14,16-18,29,37H,8,15,19H2,1-7H3,(H,34,38)(H,35,36)/t29-/m0/s1. The molecule has 4 rings (SSSR count). The highest BCUT2D eigenvalue weighted by atomic mass is 16.7. The molecule has 2 amide bonds. The Labute approximate surface area is 242 Å². The number of aryl methyl sites for hydroxylation is 1. The zero-order valence-corrected chi connectivity index (χ0v) is 24.9. The SMILES string of the molecule is COc1ccc([C@H](NC(=O)CCc2cc(C(C)(C)C)c(O)c(C(C)(C)C)c2)C(=O)Nc2ccc3c(c2)OCO3)cc1. The number of amides is 2. The molecule has 1 heterocycles. The highest BCUT2D eigenvalue weighted by Crippen LogP contribution is 2.40. The van der Waals surface area contributed by atoms with Crippen LogP contribution in [0, 0.1) is 0 Å². The first-order chi connectivity index (χ1) is 19.3. The van der Waals surface area contributed by atoms with E-state index in [2.05, 4.69) is 52.2 Å². The van der Waals surface area contributed by atoms with Gasteiger partial charge in [0.1, 0.15) is 17.5 Å². The van der Waals surface area contributed by atoms with Crippen LogP contribution in [0.1, 0.15) is 76.3 Å². The summed E-state index contributed by atoms with van der Waals surface area (Å²) in [7, 11) is 1.57. The Morgan fingerprint density at radius 3 is 2.10 bits per heavy atom. The Morgan fingerprint density at radius 1 is 0.902 bits per heavy atom. The van der Waals surface area contributed by atoms with Crippen LogP contribution in [-0.2, 0) is 26.8 Å². The van der Waals surface area contributed by atoms with Crippen molar-refractivity contribution in [1.29, 1.82) is 0 Å². The number of hydrogen-bond acceptors (Lipinski definition) is 6. The van der Waals surface area contributed by atoms with Crippen molar-refractivity contribution in [2.24, 2.45) is 0 Å². The van der Waals surface area contributed by atoms with Gasteiger partial charge in [-0.2, -0.15) is 0 Å². The molecule has 0 aromatic heterocycles. The number of rotatable bonds is 8.